The van der Waals surface area contributed by atoms with Crippen LogP contribution in [0.1, 0.15) is 23.3 Å². The van der Waals surface area contributed by atoms with Crippen LogP contribution < -0.4 is 5.73 Å². The Morgan fingerprint density at radius 2 is 2.35 bits per heavy atom. The Bertz CT molecular complexity index is 406. The molecule has 1 saturated carbocycles. The molecular weight excluding hydrogens is 220 g/mol. The van der Waals surface area contributed by atoms with Crippen molar-refractivity contribution in [3.05, 3.63) is 18.1 Å². The van der Waals surface area contributed by atoms with Crippen molar-refractivity contribution in [1.29, 1.82) is 0 Å². The molecule has 1 aromatic rings. The molecule has 1 aliphatic rings. The Labute approximate surface area is 99.8 Å². The van der Waals surface area contributed by atoms with Gasteiger partial charge in [-0.05, 0) is 12.8 Å². The fourth-order valence-corrected chi connectivity index (χ4v) is 1.66. The van der Waals surface area contributed by atoms with Gasteiger partial charge in [0.15, 0.2) is 0 Å². The van der Waals surface area contributed by atoms with E-state index < -0.39 is 0 Å². The van der Waals surface area contributed by atoms with Crippen LogP contribution in [0.25, 0.3) is 0 Å². The second kappa shape index (κ2) is 5.09. The van der Waals surface area contributed by atoms with E-state index in [1.807, 2.05) is 0 Å². The number of nitrogens with zero attached hydrogens (tertiary/aromatic N) is 3. The summed E-state index contributed by atoms with van der Waals surface area (Å²) in [5.41, 5.74) is 5.82. The first-order chi connectivity index (χ1) is 8.22. The van der Waals surface area contributed by atoms with E-state index in [1.54, 1.807) is 12.0 Å². The summed E-state index contributed by atoms with van der Waals surface area (Å²) in [6.45, 7) is 1.11. The van der Waals surface area contributed by atoms with E-state index in [0.29, 0.717) is 24.9 Å². The van der Waals surface area contributed by atoms with Crippen LogP contribution >= 0.6 is 0 Å². The molecule has 6 nitrogen and oxygen atoms in total. The molecule has 2 rings (SSSR count). The summed E-state index contributed by atoms with van der Waals surface area (Å²) >= 11 is 0. The molecule has 6 heteroatoms. The lowest BCUT2D eigenvalue weighted by Crippen LogP contribution is -2.36. The number of carbonyl (C=O) groups is 1. The van der Waals surface area contributed by atoms with E-state index in [-0.39, 0.29) is 11.7 Å². The maximum atomic E-state index is 12.2. The van der Waals surface area contributed by atoms with Gasteiger partial charge in [-0.3, -0.25) is 9.78 Å². The molecule has 0 spiro atoms. The van der Waals surface area contributed by atoms with Gasteiger partial charge in [-0.25, -0.2) is 4.98 Å². The highest BCUT2D eigenvalue weighted by Gasteiger charge is 2.33. The van der Waals surface area contributed by atoms with Crippen LogP contribution in [0.15, 0.2) is 12.4 Å². The van der Waals surface area contributed by atoms with E-state index in [0.717, 1.165) is 12.8 Å². The van der Waals surface area contributed by atoms with Crippen molar-refractivity contribution < 1.29 is 9.53 Å². The number of hydrogen-bond donors (Lipinski definition) is 1. The van der Waals surface area contributed by atoms with Gasteiger partial charge >= 0.3 is 0 Å². The standard InChI is InChI=1S/C11H16N4O2/c1-17-5-4-15(8-2-3-8)11(16)9-6-13-7-10(12)14-9/h6-8H,2-5H2,1H3,(H2,12,14). The quantitative estimate of drug-likeness (QED) is 0.795. The van der Waals surface area contributed by atoms with Gasteiger partial charge in [0.2, 0.25) is 0 Å². The summed E-state index contributed by atoms with van der Waals surface area (Å²) in [5, 5.41) is 0. The molecule has 1 heterocycles. The van der Waals surface area contributed by atoms with Gasteiger partial charge < -0.3 is 15.4 Å². The van der Waals surface area contributed by atoms with Crippen LogP contribution in [0.5, 0.6) is 0 Å². The molecule has 0 bridgehead atoms. The van der Waals surface area contributed by atoms with E-state index in [1.165, 1.54) is 12.4 Å². The monoisotopic (exact) mass is 236 g/mol. The molecule has 1 fully saturated rings. The smallest absolute Gasteiger partial charge is 0.274 e. The number of anilines is 1. The van der Waals surface area contributed by atoms with Gasteiger partial charge in [-0.15, -0.1) is 0 Å². The predicted octanol–water partition coefficient (Wildman–Crippen LogP) is 0.310. The van der Waals surface area contributed by atoms with Gasteiger partial charge in [0, 0.05) is 19.7 Å². The summed E-state index contributed by atoms with van der Waals surface area (Å²) in [6.07, 6.45) is 4.96. The average molecular weight is 236 g/mol. The largest absolute Gasteiger partial charge is 0.383 e. The summed E-state index contributed by atoms with van der Waals surface area (Å²) in [4.78, 5) is 21.9. The second-order valence-electron chi connectivity index (χ2n) is 4.05. The molecule has 0 aliphatic heterocycles. The minimum absolute atomic E-state index is 0.121. The first-order valence-electron chi connectivity index (χ1n) is 5.60. The molecule has 1 amide bonds. The number of rotatable bonds is 5. The SMILES string of the molecule is COCCN(C(=O)c1cncc(N)n1)C1CC1. The number of nitrogen functional groups attached to an aromatic ring is 1. The third-order valence-electron chi connectivity index (χ3n) is 2.66. The molecule has 1 aromatic heterocycles. The van der Waals surface area contributed by atoms with E-state index in [2.05, 4.69) is 9.97 Å². The zero-order valence-corrected chi connectivity index (χ0v) is 9.80. The van der Waals surface area contributed by atoms with Crippen LogP contribution in [0.2, 0.25) is 0 Å². The fraction of sp³-hybridized carbons (Fsp3) is 0.545. The van der Waals surface area contributed by atoms with E-state index >= 15 is 0 Å². The Balaban J connectivity index is 2.10. The number of hydrogen-bond acceptors (Lipinski definition) is 5. The van der Waals surface area contributed by atoms with Crippen LogP contribution in [-0.4, -0.2) is 47.1 Å². The van der Waals surface area contributed by atoms with Gasteiger partial charge in [0.05, 0.1) is 19.0 Å². The third kappa shape index (κ3) is 2.91. The molecule has 17 heavy (non-hydrogen) atoms. The second-order valence-corrected chi connectivity index (χ2v) is 4.05. The lowest BCUT2D eigenvalue weighted by atomic mass is 10.3. The van der Waals surface area contributed by atoms with Crippen molar-refractivity contribution in [2.24, 2.45) is 0 Å². The van der Waals surface area contributed by atoms with E-state index in [4.69, 9.17) is 10.5 Å². The number of nitrogens with two attached hydrogens (primary N) is 1. The zero-order valence-electron chi connectivity index (χ0n) is 9.80. The maximum absolute atomic E-state index is 12.2. The highest BCUT2D eigenvalue weighted by Crippen LogP contribution is 2.27. The molecule has 0 radical (unpaired) electrons. The van der Waals surface area contributed by atoms with Gasteiger partial charge in [0.25, 0.3) is 5.91 Å². The number of amides is 1. The number of ether oxygens (including phenoxy) is 1. The minimum Gasteiger partial charge on any atom is -0.383 e. The highest BCUT2D eigenvalue weighted by atomic mass is 16.5. The zero-order chi connectivity index (χ0) is 12.3. The van der Waals surface area contributed by atoms with Crippen LogP contribution in [0.3, 0.4) is 0 Å². The van der Waals surface area contributed by atoms with E-state index in [9.17, 15) is 4.79 Å². The van der Waals surface area contributed by atoms with Gasteiger partial charge in [0.1, 0.15) is 11.5 Å². The number of carbonyl (C=O) groups excluding carboxylic acids is 1. The third-order valence-corrected chi connectivity index (χ3v) is 2.66. The minimum atomic E-state index is -0.121. The van der Waals surface area contributed by atoms with Crippen molar-refractivity contribution in [2.75, 3.05) is 26.0 Å². The van der Waals surface area contributed by atoms with Crippen LogP contribution in [0.4, 0.5) is 5.82 Å². The van der Waals surface area contributed by atoms with Crippen molar-refractivity contribution in [1.82, 2.24) is 14.9 Å². The molecule has 2 N–H and O–H groups in total. The molecule has 0 saturated heterocycles. The Hall–Kier alpha value is -1.69. The Morgan fingerprint density at radius 3 is 2.94 bits per heavy atom. The van der Waals surface area contributed by atoms with Crippen LogP contribution in [-0.2, 0) is 4.74 Å². The summed E-state index contributed by atoms with van der Waals surface area (Å²) in [7, 11) is 1.62. The summed E-state index contributed by atoms with van der Waals surface area (Å²) < 4.78 is 5.01. The van der Waals surface area contributed by atoms with Crippen molar-refractivity contribution in [2.45, 2.75) is 18.9 Å². The first kappa shape index (κ1) is 11.8. The first-order valence-corrected chi connectivity index (χ1v) is 5.60. The summed E-state index contributed by atoms with van der Waals surface area (Å²) in [5.74, 6) is 0.141. The molecule has 1 aliphatic carbocycles. The Morgan fingerprint density at radius 1 is 1.59 bits per heavy atom. The van der Waals surface area contributed by atoms with Gasteiger partial charge in [-0.1, -0.05) is 0 Å². The lowest BCUT2D eigenvalue weighted by molar-refractivity contribution is 0.0674. The Kier molecular flexibility index (Phi) is 3.53. The molecule has 0 atom stereocenters. The topological polar surface area (TPSA) is 81.3 Å². The van der Waals surface area contributed by atoms with Crippen molar-refractivity contribution in [3.63, 3.8) is 0 Å². The van der Waals surface area contributed by atoms with Gasteiger partial charge in [-0.2, -0.15) is 0 Å². The maximum Gasteiger partial charge on any atom is 0.274 e. The highest BCUT2D eigenvalue weighted by molar-refractivity contribution is 5.92. The van der Waals surface area contributed by atoms with Crippen molar-refractivity contribution >= 4 is 11.7 Å². The molecule has 92 valence electrons. The number of aromatic nitrogens is 2. The molecular formula is C11H16N4O2. The lowest BCUT2D eigenvalue weighted by Gasteiger charge is -2.21. The van der Waals surface area contributed by atoms with Crippen LogP contribution in [0, 0.1) is 0 Å². The molecule has 0 unspecified atom stereocenters. The summed E-state index contributed by atoms with van der Waals surface area (Å²) in [6, 6.07) is 0.320. The number of methoxy groups -OCH3 is 1. The average Bonchev–Trinajstić information content (AvgIpc) is 3.14. The predicted molar refractivity (Wildman–Crippen MR) is 62.4 cm³/mol. The molecule has 0 aromatic carbocycles. The van der Waals surface area contributed by atoms with Crippen molar-refractivity contribution in [3.8, 4) is 0 Å². The fourth-order valence-electron chi connectivity index (χ4n) is 1.66. The normalized spacial score (nSPS) is 14.6.